The smallest absolute Gasteiger partial charge is 0.323 e. The Bertz CT molecular complexity index is 650. The second-order valence-electron chi connectivity index (χ2n) is 5.25. The van der Waals surface area contributed by atoms with Crippen LogP contribution in [-0.4, -0.2) is 43.5 Å². The molecule has 6 nitrogen and oxygen atoms in total. The number of aryl methyl sites for hydroxylation is 1. The van der Waals surface area contributed by atoms with Crippen molar-refractivity contribution in [3.05, 3.63) is 29.8 Å². The van der Waals surface area contributed by atoms with Crippen LogP contribution < -0.4 is 4.90 Å². The second-order valence-corrected chi connectivity index (χ2v) is 7.48. The van der Waals surface area contributed by atoms with Crippen LogP contribution in [0.1, 0.15) is 12.0 Å². The fourth-order valence-electron chi connectivity index (χ4n) is 2.37. The van der Waals surface area contributed by atoms with Gasteiger partial charge < -0.3 is 10.0 Å². The highest BCUT2D eigenvalue weighted by Crippen LogP contribution is 2.24. The number of rotatable bonds is 4. The molecular formula is C14H17NO5S. The maximum absolute atomic E-state index is 12.5. The molecule has 1 aromatic rings. The van der Waals surface area contributed by atoms with Gasteiger partial charge in [-0.15, -0.1) is 0 Å². The first-order valence-electron chi connectivity index (χ1n) is 6.59. The van der Waals surface area contributed by atoms with Crippen molar-refractivity contribution >= 4 is 27.4 Å². The van der Waals surface area contributed by atoms with Gasteiger partial charge >= 0.3 is 5.97 Å². The lowest BCUT2D eigenvalue weighted by Gasteiger charge is -2.23. The van der Waals surface area contributed by atoms with Crippen molar-refractivity contribution in [3.8, 4) is 0 Å². The van der Waals surface area contributed by atoms with Gasteiger partial charge in [-0.25, -0.2) is 8.42 Å². The Balaban J connectivity index is 2.25. The number of anilines is 1. The summed E-state index contributed by atoms with van der Waals surface area (Å²) in [6, 6.07) is 6.89. The Morgan fingerprint density at radius 3 is 2.38 bits per heavy atom. The second kappa shape index (κ2) is 5.85. The zero-order valence-corrected chi connectivity index (χ0v) is 12.5. The van der Waals surface area contributed by atoms with Crippen molar-refractivity contribution in [3.63, 3.8) is 0 Å². The molecule has 0 aliphatic carbocycles. The molecule has 21 heavy (non-hydrogen) atoms. The summed E-state index contributed by atoms with van der Waals surface area (Å²) < 4.78 is 23.0. The van der Waals surface area contributed by atoms with Crippen molar-refractivity contribution in [2.24, 2.45) is 5.92 Å². The van der Waals surface area contributed by atoms with E-state index in [1.165, 1.54) is 0 Å². The Morgan fingerprint density at radius 1 is 1.29 bits per heavy atom. The molecule has 1 aromatic carbocycles. The first-order valence-corrected chi connectivity index (χ1v) is 8.41. The lowest BCUT2D eigenvalue weighted by molar-refractivity contribution is -0.137. The third-order valence-electron chi connectivity index (χ3n) is 3.49. The molecule has 114 valence electrons. The highest BCUT2D eigenvalue weighted by atomic mass is 32.2. The zero-order chi connectivity index (χ0) is 15.6. The van der Waals surface area contributed by atoms with E-state index in [-0.39, 0.29) is 17.9 Å². The van der Waals surface area contributed by atoms with Crippen molar-refractivity contribution in [2.45, 2.75) is 13.3 Å². The van der Waals surface area contributed by atoms with Gasteiger partial charge in [0.2, 0.25) is 5.91 Å². The predicted molar refractivity (Wildman–Crippen MR) is 77.9 cm³/mol. The third kappa shape index (κ3) is 3.81. The molecule has 7 heteroatoms. The quantitative estimate of drug-likeness (QED) is 0.890. The summed E-state index contributed by atoms with van der Waals surface area (Å²) in [5.41, 5.74) is 1.46. The summed E-state index contributed by atoms with van der Waals surface area (Å²) in [7, 11) is -3.19. The maximum Gasteiger partial charge on any atom is 0.323 e. The largest absolute Gasteiger partial charge is 0.480 e. The minimum absolute atomic E-state index is 0.0157. The van der Waals surface area contributed by atoms with Crippen LogP contribution in [0.4, 0.5) is 5.69 Å². The lowest BCUT2D eigenvalue weighted by Crippen LogP contribution is -2.40. The van der Waals surface area contributed by atoms with Crippen molar-refractivity contribution in [1.29, 1.82) is 0 Å². The fourth-order valence-corrected chi connectivity index (χ4v) is 4.10. The topological polar surface area (TPSA) is 91.8 Å². The average Bonchev–Trinajstić information content (AvgIpc) is 2.76. The van der Waals surface area contributed by atoms with Crippen LogP contribution in [0.2, 0.25) is 0 Å². The number of carboxylic acid groups (broad SMARTS) is 1. The number of carboxylic acids is 1. The molecule has 0 radical (unpaired) electrons. The van der Waals surface area contributed by atoms with Gasteiger partial charge in [0.25, 0.3) is 0 Å². The highest BCUT2D eigenvalue weighted by Gasteiger charge is 2.36. The summed E-state index contributed by atoms with van der Waals surface area (Å²) in [6.07, 6.45) is 0.253. The van der Waals surface area contributed by atoms with Crippen LogP contribution in [-0.2, 0) is 19.4 Å². The summed E-state index contributed by atoms with van der Waals surface area (Å²) >= 11 is 0. The van der Waals surface area contributed by atoms with Crippen LogP contribution in [0, 0.1) is 12.8 Å². The standard InChI is InChI=1S/C14H17NO5S/c1-10-2-4-12(5-3-10)15(8-13(16)17)14(18)11-6-7-21(19,20)9-11/h2-5,11H,6-9H2,1H3,(H,16,17). The number of benzene rings is 1. The van der Waals surface area contributed by atoms with Gasteiger partial charge in [0.05, 0.1) is 17.4 Å². The molecule has 0 saturated carbocycles. The first-order chi connectivity index (χ1) is 9.78. The van der Waals surface area contributed by atoms with E-state index in [0.29, 0.717) is 5.69 Å². The number of amides is 1. The van der Waals surface area contributed by atoms with Gasteiger partial charge in [-0.2, -0.15) is 0 Å². The van der Waals surface area contributed by atoms with Gasteiger partial charge in [-0.3, -0.25) is 9.59 Å². The van der Waals surface area contributed by atoms with Crippen LogP contribution in [0.5, 0.6) is 0 Å². The molecule has 1 amide bonds. The maximum atomic E-state index is 12.5. The third-order valence-corrected chi connectivity index (χ3v) is 5.25. The van der Waals surface area contributed by atoms with Gasteiger partial charge in [0, 0.05) is 5.69 Å². The number of nitrogens with zero attached hydrogens (tertiary/aromatic N) is 1. The Morgan fingerprint density at radius 2 is 1.90 bits per heavy atom. The Hall–Kier alpha value is -1.89. The van der Waals surface area contributed by atoms with Crippen molar-refractivity contribution < 1.29 is 23.1 Å². The van der Waals surface area contributed by atoms with Gasteiger partial charge in [-0.1, -0.05) is 17.7 Å². The van der Waals surface area contributed by atoms with Crippen LogP contribution in [0.25, 0.3) is 0 Å². The van der Waals surface area contributed by atoms with E-state index in [0.717, 1.165) is 10.5 Å². The summed E-state index contributed by atoms with van der Waals surface area (Å²) in [4.78, 5) is 24.6. The normalized spacial score (nSPS) is 20.1. The van der Waals surface area contributed by atoms with Gasteiger partial charge in [-0.05, 0) is 25.5 Å². The molecule has 1 saturated heterocycles. The SMILES string of the molecule is Cc1ccc(N(CC(=O)O)C(=O)C2CCS(=O)(=O)C2)cc1. The molecular weight excluding hydrogens is 294 g/mol. The van der Waals surface area contributed by atoms with Crippen molar-refractivity contribution in [1.82, 2.24) is 0 Å². The summed E-state index contributed by atoms with van der Waals surface area (Å²) in [5.74, 6) is -2.45. The molecule has 1 N–H and O–H groups in total. The molecule has 0 aromatic heterocycles. The minimum Gasteiger partial charge on any atom is -0.480 e. The summed E-state index contributed by atoms with van der Waals surface area (Å²) in [6.45, 7) is 1.41. The van der Waals surface area contributed by atoms with Crippen LogP contribution >= 0.6 is 0 Å². The monoisotopic (exact) mass is 311 g/mol. The highest BCUT2D eigenvalue weighted by molar-refractivity contribution is 7.91. The number of hydrogen-bond acceptors (Lipinski definition) is 4. The first kappa shape index (κ1) is 15.5. The molecule has 0 spiro atoms. The number of carbonyl (C=O) groups excluding carboxylic acids is 1. The van der Waals surface area contributed by atoms with Crippen molar-refractivity contribution in [2.75, 3.05) is 23.0 Å². The molecule has 1 aliphatic heterocycles. The van der Waals surface area contributed by atoms with E-state index in [4.69, 9.17) is 5.11 Å². The average molecular weight is 311 g/mol. The van der Waals surface area contributed by atoms with Crippen LogP contribution in [0.15, 0.2) is 24.3 Å². The molecule has 1 aliphatic rings. The molecule has 0 bridgehead atoms. The number of hydrogen-bond donors (Lipinski definition) is 1. The molecule has 1 fully saturated rings. The minimum atomic E-state index is -3.19. The zero-order valence-electron chi connectivity index (χ0n) is 11.7. The van der Waals surface area contributed by atoms with E-state index >= 15 is 0 Å². The van der Waals surface area contributed by atoms with Gasteiger partial charge in [0.1, 0.15) is 6.54 Å². The van der Waals surface area contributed by atoms with E-state index in [1.807, 2.05) is 6.92 Å². The fraction of sp³-hybridized carbons (Fsp3) is 0.429. The van der Waals surface area contributed by atoms with E-state index in [9.17, 15) is 18.0 Å². The van der Waals surface area contributed by atoms with Crippen LogP contribution in [0.3, 0.4) is 0 Å². The molecule has 1 heterocycles. The molecule has 2 rings (SSSR count). The van der Waals surface area contributed by atoms with E-state index in [1.54, 1.807) is 24.3 Å². The lowest BCUT2D eigenvalue weighted by atomic mass is 10.1. The number of aliphatic carboxylic acids is 1. The number of sulfone groups is 1. The van der Waals surface area contributed by atoms with E-state index in [2.05, 4.69) is 0 Å². The predicted octanol–water partition coefficient (Wildman–Crippen LogP) is 0.847. The summed E-state index contributed by atoms with van der Waals surface area (Å²) in [5, 5.41) is 8.98. The Kier molecular flexibility index (Phi) is 4.32. The number of carbonyl (C=O) groups is 2. The van der Waals surface area contributed by atoms with E-state index < -0.39 is 34.2 Å². The Labute approximate surface area is 123 Å². The van der Waals surface area contributed by atoms with Gasteiger partial charge in [0.15, 0.2) is 9.84 Å². The molecule has 1 atom stereocenters. The molecule has 1 unspecified atom stereocenters.